The van der Waals surface area contributed by atoms with Crippen LogP contribution >= 0.6 is 15.9 Å². The number of urea groups is 1. The predicted octanol–water partition coefficient (Wildman–Crippen LogP) is 3.80. The van der Waals surface area contributed by atoms with E-state index in [0.29, 0.717) is 23.2 Å². The molecular weight excluding hydrogens is 324 g/mol. The molecule has 0 unspecified atom stereocenters. The van der Waals surface area contributed by atoms with Crippen LogP contribution in [0.5, 0.6) is 0 Å². The molecule has 110 valence electrons. The van der Waals surface area contributed by atoms with Gasteiger partial charge in [0.25, 0.3) is 0 Å². The van der Waals surface area contributed by atoms with Gasteiger partial charge in [-0.15, -0.1) is 0 Å². The van der Waals surface area contributed by atoms with Gasteiger partial charge in [0.15, 0.2) is 0 Å². The molecule has 0 saturated heterocycles. The highest BCUT2D eigenvalue weighted by atomic mass is 79.9. The van der Waals surface area contributed by atoms with Crippen LogP contribution in [0, 0.1) is 0 Å². The Kier molecular flexibility index (Phi) is 6.51. The average Bonchev–Trinajstić information content (AvgIpc) is 2.40. The molecule has 0 bridgehead atoms. The average molecular weight is 343 g/mol. The first-order valence-electron chi connectivity index (χ1n) is 6.58. The number of aromatic carboxylic acids is 1. The summed E-state index contributed by atoms with van der Waals surface area (Å²) in [6.45, 7) is 5.37. The van der Waals surface area contributed by atoms with E-state index in [2.05, 4.69) is 21.2 Å². The molecule has 0 aliphatic heterocycles. The number of halogens is 1. The quantitative estimate of drug-likeness (QED) is 0.825. The first kappa shape index (κ1) is 16.5. The Balaban J connectivity index is 2.87. The van der Waals surface area contributed by atoms with Gasteiger partial charge >= 0.3 is 12.0 Å². The number of nitrogens with zero attached hydrogens (tertiary/aromatic N) is 1. The van der Waals surface area contributed by atoms with Crippen LogP contribution < -0.4 is 5.32 Å². The van der Waals surface area contributed by atoms with Crippen molar-refractivity contribution in [2.75, 3.05) is 18.4 Å². The maximum absolute atomic E-state index is 12.2. The number of amides is 2. The van der Waals surface area contributed by atoms with Gasteiger partial charge in [-0.2, -0.15) is 0 Å². The van der Waals surface area contributed by atoms with Crippen molar-refractivity contribution in [3.63, 3.8) is 0 Å². The number of carbonyl (C=O) groups is 2. The van der Waals surface area contributed by atoms with E-state index in [1.165, 1.54) is 12.1 Å². The highest BCUT2D eigenvalue weighted by molar-refractivity contribution is 9.10. The second kappa shape index (κ2) is 7.89. The normalized spacial score (nSPS) is 10.2. The standard InChI is InChI=1S/C14H19BrN2O3/c1-3-7-17(8-4-2)14(20)16-12-9-10(13(18)19)5-6-11(12)15/h5-6,9H,3-4,7-8H2,1-2H3,(H,16,20)(H,18,19). The number of carboxylic acid groups (broad SMARTS) is 1. The first-order valence-corrected chi connectivity index (χ1v) is 7.37. The van der Waals surface area contributed by atoms with Crippen molar-refractivity contribution in [2.24, 2.45) is 0 Å². The molecule has 0 radical (unpaired) electrons. The van der Waals surface area contributed by atoms with Crippen LogP contribution in [-0.4, -0.2) is 35.1 Å². The SMILES string of the molecule is CCCN(CCC)C(=O)Nc1cc(C(=O)O)ccc1Br. The molecule has 1 aromatic rings. The van der Waals surface area contributed by atoms with Crippen LogP contribution in [0.2, 0.25) is 0 Å². The third-order valence-electron chi connectivity index (χ3n) is 2.73. The summed E-state index contributed by atoms with van der Waals surface area (Å²) in [5, 5.41) is 11.7. The summed E-state index contributed by atoms with van der Waals surface area (Å²) in [7, 11) is 0. The summed E-state index contributed by atoms with van der Waals surface area (Å²) in [6.07, 6.45) is 1.76. The van der Waals surface area contributed by atoms with Crippen LogP contribution in [0.3, 0.4) is 0 Å². The Morgan fingerprint density at radius 1 is 1.25 bits per heavy atom. The van der Waals surface area contributed by atoms with E-state index in [1.54, 1.807) is 11.0 Å². The number of anilines is 1. The number of carboxylic acids is 1. The summed E-state index contributed by atoms with van der Waals surface area (Å²) < 4.78 is 0.656. The lowest BCUT2D eigenvalue weighted by atomic mass is 10.2. The highest BCUT2D eigenvalue weighted by Crippen LogP contribution is 2.24. The van der Waals surface area contributed by atoms with E-state index < -0.39 is 5.97 Å². The zero-order chi connectivity index (χ0) is 15.1. The van der Waals surface area contributed by atoms with Gasteiger partial charge in [-0.1, -0.05) is 13.8 Å². The van der Waals surface area contributed by atoms with Gasteiger partial charge in [-0.25, -0.2) is 9.59 Å². The third kappa shape index (κ3) is 4.52. The van der Waals surface area contributed by atoms with E-state index in [4.69, 9.17) is 5.11 Å². The van der Waals surface area contributed by atoms with Crippen LogP contribution in [0.4, 0.5) is 10.5 Å². The van der Waals surface area contributed by atoms with Crippen molar-refractivity contribution in [1.29, 1.82) is 0 Å². The third-order valence-corrected chi connectivity index (χ3v) is 3.42. The minimum Gasteiger partial charge on any atom is -0.478 e. The fraction of sp³-hybridized carbons (Fsp3) is 0.429. The predicted molar refractivity (Wildman–Crippen MR) is 82.3 cm³/mol. The van der Waals surface area contributed by atoms with Crippen LogP contribution in [0.25, 0.3) is 0 Å². The molecule has 0 heterocycles. The molecule has 0 fully saturated rings. The Bertz CT molecular complexity index is 485. The Hall–Kier alpha value is -1.56. The van der Waals surface area contributed by atoms with E-state index >= 15 is 0 Å². The van der Waals surface area contributed by atoms with Gasteiger partial charge in [0.2, 0.25) is 0 Å². The molecule has 1 rings (SSSR count). The van der Waals surface area contributed by atoms with Crippen molar-refractivity contribution in [2.45, 2.75) is 26.7 Å². The van der Waals surface area contributed by atoms with Crippen molar-refractivity contribution < 1.29 is 14.7 Å². The van der Waals surface area contributed by atoms with Gasteiger partial charge in [-0.3, -0.25) is 0 Å². The summed E-state index contributed by atoms with van der Waals surface area (Å²) in [5.74, 6) is -1.02. The zero-order valence-electron chi connectivity index (χ0n) is 11.6. The smallest absolute Gasteiger partial charge is 0.335 e. The lowest BCUT2D eigenvalue weighted by Crippen LogP contribution is -2.36. The number of rotatable bonds is 6. The van der Waals surface area contributed by atoms with E-state index in [-0.39, 0.29) is 11.6 Å². The van der Waals surface area contributed by atoms with Gasteiger partial charge < -0.3 is 15.3 Å². The summed E-state index contributed by atoms with van der Waals surface area (Å²) in [5.41, 5.74) is 0.605. The molecule has 1 aromatic carbocycles. The molecule has 2 amide bonds. The van der Waals surface area contributed by atoms with E-state index in [1.807, 2.05) is 13.8 Å². The molecule has 0 saturated carbocycles. The highest BCUT2D eigenvalue weighted by Gasteiger charge is 2.14. The maximum Gasteiger partial charge on any atom is 0.335 e. The number of hydrogen-bond acceptors (Lipinski definition) is 2. The molecule has 0 aromatic heterocycles. The summed E-state index contributed by atoms with van der Waals surface area (Å²) in [4.78, 5) is 24.8. The molecule has 0 aliphatic rings. The van der Waals surface area contributed by atoms with E-state index in [0.717, 1.165) is 12.8 Å². The molecule has 0 spiro atoms. The lowest BCUT2D eigenvalue weighted by Gasteiger charge is -2.22. The van der Waals surface area contributed by atoms with Crippen molar-refractivity contribution in [3.8, 4) is 0 Å². The monoisotopic (exact) mass is 342 g/mol. The first-order chi connectivity index (χ1) is 9.49. The van der Waals surface area contributed by atoms with Gasteiger partial charge in [0, 0.05) is 17.6 Å². The summed E-state index contributed by atoms with van der Waals surface area (Å²) in [6, 6.07) is 4.33. The molecule has 20 heavy (non-hydrogen) atoms. The zero-order valence-corrected chi connectivity index (χ0v) is 13.2. The minimum absolute atomic E-state index is 0.140. The fourth-order valence-corrected chi connectivity index (χ4v) is 2.15. The fourth-order valence-electron chi connectivity index (χ4n) is 1.80. The molecule has 2 N–H and O–H groups in total. The van der Waals surface area contributed by atoms with Gasteiger partial charge in [0.05, 0.1) is 11.3 Å². The van der Waals surface area contributed by atoms with Crippen LogP contribution in [-0.2, 0) is 0 Å². The molecule has 5 nitrogen and oxygen atoms in total. The second-order valence-corrected chi connectivity index (χ2v) is 5.27. The van der Waals surface area contributed by atoms with Crippen molar-refractivity contribution in [1.82, 2.24) is 4.90 Å². The number of nitrogens with one attached hydrogen (secondary N) is 1. The van der Waals surface area contributed by atoms with Gasteiger partial charge in [-0.05, 0) is 47.0 Å². The molecular formula is C14H19BrN2O3. The van der Waals surface area contributed by atoms with Crippen molar-refractivity contribution in [3.05, 3.63) is 28.2 Å². The Morgan fingerprint density at radius 2 is 1.85 bits per heavy atom. The topological polar surface area (TPSA) is 69.6 Å². The van der Waals surface area contributed by atoms with Crippen LogP contribution in [0.15, 0.2) is 22.7 Å². The number of benzene rings is 1. The molecule has 6 heteroatoms. The minimum atomic E-state index is -1.02. The molecule has 0 aliphatic carbocycles. The maximum atomic E-state index is 12.2. The van der Waals surface area contributed by atoms with Crippen LogP contribution in [0.1, 0.15) is 37.0 Å². The van der Waals surface area contributed by atoms with E-state index in [9.17, 15) is 9.59 Å². The van der Waals surface area contributed by atoms with Crippen molar-refractivity contribution >= 4 is 33.6 Å². The van der Waals surface area contributed by atoms with Gasteiger partial charge in [0.1, 0.15) is 0 Å². The number of hydrogen-bond donors (Lipinski definition) is 2. The molecule has 0 atom stereocenters. The largest absolute Gasteiger partial charge is 0.478 e. The number of carbonyl (C=O) groups excluding carboxylic acids is 1. The second-order valence-electron chi connectivity index (χ2n) is 4.42. The Labute approximate surface area is 127 Å². The summed E-state index contributed by atoms with van der Waals surface area (Å²) >= 11 is 3.31. The Morgan fingerprint density at radius 3 is 2.35 bits per heavy atom. The lowest BCUT2D eigenvalue weighted by molar-refractivity contribution is 0.0697.